The second kappa shape index (κ2) is 6.89. The fourth-order valence-electron chi connectivity index (χ4n) is 1.70. The molecule has 0 heterocycles. The first-order valence-corrected chi connectivity index (χ1v) is 6.14. The first-order valence-electron chi connectivity index (χ1n) is 6.14. The number of carbonyl (C=O) groups is 2. The molecular weight excluding hydrogens is 244 g/mol. The average molecular weight is 264 g/mol. The SMILES string of the molecule is CNCC(C)C(=O)Nc1ccc(C)cc1C(=O)OC. The molecular formula is C14H20N2O3. The maximum atomic E-state index is 11.9. The van der Waals surface area contributed by atoms with E-state index in [1.54, 1.807) is 19.2 Å². The fraction of sp³-hybridized carbons (Fsp3) is 0.429. The quantitative estimate of drug-likeness (QED) is 0.792. The third-order valence-electron chi connectivity index (χ3n) is 2.80. The molecule has 1 unspecified atom stereocenters. The molecule has 0 aliphatic rings. The van der Waals surface area contributed by atoms with Crippen molar-refractivity contribution >= 4 is 17.6 Å². The first-order chi connectivity index (χ1) is 8.99. The van der Waals surface area contributed by atoms with Crippen LogP contribution in [0.15, 0.2) is 18.2 Å². The van der Waals surface area contributed by atoms with Crippen molar-refractivity contribution in [2.45, 2.75) is 13.8 Å². The van der Waals surface area contributed by atoms with Crippen molar-refractivity contribution in [3.63, 3.8) is 0 Å². The topological polar surface area (TPSA) is 67.4 Å². The van der Waals surface area contributed by atoms with E-state index in [1.807, 2.05) is 19.9 Å². The minimum atomic E-state index is -0.458. The molecule has 1 amide bonds. The molecule has 2 N–H and O–H groups in total. The Balaban J connectivity index is 2.94. The van der Waals surface area contributed by atoms with E-state index < -0.39 is 5.97 Å². The maximum Gasteiger partial charge on any atom is 0.339 e. The smallest absolute Gasteiger partial charge is 0.339 e. The fourth-order valence-corrected chi connectivity index (χ4v) is 1.70. The summed E-state index contributed by atoms with van der Waals surface area (Å²) in [5.74, 6) is -0.777. The summed E-state index contributed by atoms with van der Waals surface area (Å²) in [6.07, 6.45) is 0. The van der Waals surface area contributed by atoms with E-state index >= 15 is 0 Å². The molecule has 0 fully saturated rings. The number of methoxy groups -OCH3 is 1. The number of benzene rings is 1. The molecule has 5 heteroatoms. The Morgan fingerprint density at radius 1 is 1.37 bits per heavy atom. The van der Waals surface area contributed by atoms with E-state index in [4.69, 9.17) is 4.74 Å². The summed E-state index contributed by atoms with van der Waals surface area (Å²) in [5.41, 5.74) is 1.78. The number of amides is 1. The van der Waals surface area contributed by atoms with Gasteiger partial charge in [-0.2, -0.15) is 0 Å². The molecule has 0 aliphatic carbocycles. The first kappa shape index (κ1) is 15.2. The van der Waals surface area contributed by atoms with Crippen molar-refractivity contribution in [2.75, 3.05) is 26.0 Å². The third kappa shape index (κ3) is 4.06. The highest BCUT2D eigenvalue weighted by atomic mass is 16.5. The zero-order chi connectivity index (χ0) is 14.4. The Hall–Kier alpha value is -1.88. The van der Waals surface area contributed by atoms with Crippen LogP contribution in [0.2, 0.25) is 0 Å². The number of esters is 1. The highest BCUT2D eigenvalue weighted by molar-refractivity contribution is 6.02. The number of hydrogen-bond donors (Lipinski definition) is 2. The molecule has 0 saturated heterocycles. The van der Waals surface area contributed by atoms with Gasteiger partial charge in [-0.05, 0) is 26.1 Å². The largest absolute Gasteiger partial charge is 0.465 e. The van der Waals surface area contributed by atoms with Crippen LogP contribution >= 0.6 is 0 Å². The zero-order valence-corrected chi connectivity index (χ0v) is 11.7. The molecule has 1 rings (SSSR count). The molecule has 0 bridgehead atoms. The Bertz CT molecular complexity index is 472. The second-order valence-corrected chi connectivity index (χ2v) is 4.49. The van der Waals surface area contributed by atoms with Crippen molar-refractivity contribution in [3.8, 4) is 0 Å². The van der Waals surface area contributed by atoms with Crippen LogP contribution in [-0.2, 0) is 9.53 Å². The summed E-state index contributed by atoms with van der Waals surface area (Å²) in [4.78, 5) is 23.6. The Morgan fingerprint density at radius 2 is 2.05 bits per heavy atom. The summed E-state index contributed by atoms with van der Waals surface area (Å²) in [5, 5.41) is 5.70. The van der Waals surface area contributed by atoms with Crippen LogP contribution in [0.5, 0.6) is 0 Å². The highest BCUT2D eigenvalue weighted by Crippen LogP contribution is 2.19. The Labute approximate surface area is 113 Å². The number of anilines is 1. The number of aryl methyl sites for hydroxylation is 1. The van der Waals surface area contributed by atoms with Gasteiger partial charge in [-0.3, -0.25) is 4.79 Å². The molecule has 1 aromatic carbocycles. The van der Waals surface area contributed by atoms with Crippen LogP contribution in [-0.4, -0.2) is 32.6 Å². The van der Waals surface area contributed by atoms with Gasteiger partial charge in [-0.25, -0.2) is 4.79 Å². The van der Waals surface area contributed by atoms with Gasteiger partial charge in [-0.1, -0.05) is 18.6 Å². The zero-order valence-electron chi connectivity index (χ0n) is 11.7. The van der Waals surface area contributed by atoms with E-state index in [-0.39, 0.29) is 11.8 Å². The minimum Gasteiger partial charge on any atom is -0.465 e. The van der Waals surface area contributed by atoms with Crippen molar-refractivity contribution in [2.24, 2.45) is 5.92 Å². The molecule has 5 nitrogen and oxygen atoms in total. The molecule has 0 spiro atoms. The number of hydrogen-bond acceptors (Lipinski definition) is 4. The van der Waals surface area contributed by atoms with E-state index in [9.17, 15) is 9.59 Å². The normalized spacial score (nSPS) is 11.8. The van der Waals surface area contributed by atoms with Crippen LogP contribution in [0.3, 0.4) is 0 Å². The Morgan fingerprint density at radius 3 is 2.63 bits per heavy atom. The number of ether oxygens (including phenoxy) is 1. The molecule has 104 valence electrons. The van der Waals surface area contributed by atoms with Gasteiger partial charge in [0.25, 0.3) is 0 Å². The summed E-state index contributed by atoms with van der Waals surface area (Å²) >= 11 is 0. The van der Waals surface area contributed by atoms with Crippen molar-refractivity contribution < 1.29 is 14.3 Å². The van der Waals surface area contributed by atoms with E-state index in [0.717, 1.165) is 5.56 Å². The van der Waals surface area contributed by atoms with Crippen LogP contribution in [0.1, 0.15) is 22.8 Å². The lowest BCUT2D eigenvalue weighted by Crippen LogP contribution is -2.29. The summed E-state index contributed by atoms with van der Waals surface area (Å²) < 4.78 is 4.72. The van der Waals surface area contributed by atoms with Gasteiger partial charge in [0, 0.05) is 12.5 Å². The van der Waals surface area contributed by atoms with E-state index in [0.29, 0.717) is 17.8 Å². The molecule has 0 aromatic heterocycles. The van der Waals surface area contributed by atoms with Gasteiger partial charge in [0.1, 0.15) is 0 Å². The Kier molecular flexibility index (Phi) is 5.51. The lowest BCUT2D eigenvalue weighted by Gasteiger charge is -2.14. The van der Waals surface area contributed by atoms with Gasteiger partial charge in [0.2, 0.25) is 5.91 Å². The van der Waals surface area contributed by atoms with Crippen LogP contribution in [0.4, 0.5) is 5.69 Å². The van der Waals surface area contributed by atoms with Crippen LogP contribution < -0.4 is 10.6 Å². The standard InChI is InChI=1S/C14H20N2O3/c1-9-5-6-12(11(7-9)14(18)19-4)16-13(17)10(2)8-15-3/h5-7,10,15H,8H2,1-4H3,(H,16,17). The molecule has 0 radical (unpaired) electrons. The van der Waals surface area contributed by atoms with Gasteiger partial charge < -0.3 is 15.4 Å². The summed E-state index contributed by atoms with van der Waals surface area (Å²) in [6, 6.07) is 5.25. The molecule has 1 atom stereocenters. The van der Waals surface area contributed by atoms with E-state index in [1.165, 1.54) is 7.11 Å². The molecule has 0 saturated carbocycles. The van der Waals surface area contributed by atoms with Crippen LogP contribution in [0.25, 0.3) is 0 Å². The molecule has 1 aromatic rings. The third-order valence-corrected chi connectivity index (χ3v) is 2.80. The van der Waals surface area contributed by atoms with Crippen molar-refractivity contribution in [1.82, 2.24) is 5.32 Å². The average Bonchev–Trinajstić information content (AvgIpc) is 2.40. The maximum absolute atomic E-state index is 11.9. The monoisotopic (exact) mass is 264 g/mol. The second-order valence-electron chi connectivity index (χ2n) is 4.49. The lowest BCUT2D eigenvalue weighted by molar-refractivity contribution is -0.119. The van der Waals surface area contributed by atoms with Crippen molar-refractivity contribution in [1.29, 1.82) is 0 Å². The van der Waals surface area contributed by atoms with Gasteiger partial charge in [0.15, 0.2) is 0 Å². The highest BCUT2D eigenvalue weighted by Gasteiger charge is 2.17. The number of rotatable bonds is 5. The van der Waals surface area contributed by atoms with Gasteiger partial charge in [0.05, 0.1) is 18.4 Å². The molecule has 19 heavy (non-hydrogen) atoms. The summed E-state index contributed by atoms with van der Waals surface area (Å²) in [6.45, 7) is 4.27. The van der Waals surface area contributed by atoms with Gasteiger partial charge in [-0.15, -0.1) is 0 Å². The van der Waals surface area contributed by atoms with Crippen LogP contribution in [0, 0.1) is 12.8 Å². The number of carbonyl (C=O) groups excluding carboxylic acids is 2. The van der Waals surface area contributed by atoms with E-state index in [2.05, 4.69) is 10.6 Å². The number of nitrogens with one attached hydrogen (secondary N) is 2. The predicted molar refractivity (Wildman–Crippen MR) is 74.2 cm³/mol. The molecule has 0 aliphatic heterocycles. The van der Waals surface area contributed by atoms with Gasteiger partial charge >= 0.3 is 5.97 Å². The minimum absolute atomic E-state index is 0.136. The lowest BCUT2D eigenvalue weighted by atomic mass is 10.1. The summed E-state index contributed by atoms with van der Waals surface area (Å²) in [7, 11) is 3.11. The van der Waals surface area contributed by atoms with Crippen molar-refractivity contribution in [3.05, 3.63) is 29.3 Å². The predicted octanol–water partition coefficient (Wildman–Crippen LogP) is 1.58.